The summed E-state index contributed by atoms with van der Waals surface area (Å²) in [7, 11) is 0. The number of hydrogen-bond acceptors (Lipinski definition) is 2. The lowest BCUT2D eigenvalue weighted by Crippen LogP contribution is -2.21. The zero-order chi connectivity index (χ0) is 11.6. The Morgan fingerprint density at radius 1 is 1.31 bits per heavy atom. The van der Waals surface area contributed by atoms with Gasteiger partial charge in [-0.05, 0) is 23.8 Å². The Bertz CT molecular complexity index is 355. The van der Waals surface area contributed by atoms with Crippen LogP contribution in [0.3, 0.4) is 0 Å². The third-order valence-corrected chi connectivity index (χ3v) is 2.13. The minimum absolute atomic E-state index is 0. The van der Waals surface area contributed by atoms with Gasteiger partial charge in [0.2, 0.25) is 0 Å². The third kappa shape index (κ3) is 4.47. The van der Waals surface area contributed by atoms with Crippen molar-refractivity contribution in [3.05, 3.63) is 28.8 Å². The summed E-state index contributed by atoms with van der Waals surface area (Å²) in [6.07, 6.45) is -5.42. The van der Waals surface area contributed by atoms with Gasteiger partial charge in [0.25, 0.3) is 0 Å². The second kappa shape index (κ2) is 5.61. The van der Waals surface area contributed by atoms with Gasteiger partial charge < -0.3 is 11.5 Å². The number of anilines is 1. The SMILES string of the molecule is Cl.Nc1ccc(Cl)cc1[C@H](N)CC(F)(F)F. The average molecular weight is 275 g/mol. The molecule has 0 bridgehead atoms. The van der Waals surface area contributed by atoms with E-state index in [1.54, 1.807) is 0 Å². The molecule has 1 rings (SSSR count). The molecule has 0 fully saturated rings. The molecule has 16 heavy (non-hydrogen) atoms. The Kier molecular flexibility index (Phi) is 5.38. The Labute approximate surface area is 102 Å². The van der Waals surface area contributed by atoms with Gasteiger partial charge in [-0.15, -0.1) is 12.4 Å². The molecule has 1 aromatic carbocycles. The van der Waals surface area contributed by atoms with E-state index in [-0.39, 0.29) is 23.7 Å². The molecular formula is C9H11Cl2F3N2. The van der Waals surface area contributed by atoms with Crippen molar-refractivity contribution >= 4 is 29.7 Å². The first-order chi connectivity index (χ1) is 6.79. The molecule has 0 spiro atoms. The molecule has 0 unspecified atom stereocenters. The first kappa shape index (κ1) is 15.3. The van der Waals surface area contributed by atoms with E-state index in [1.165, 1.54) is 18.2 Å². The maximum absolute atomic E-state index is 12.1. The van der Waals surface area contributed by atoms with Crippen LogP contribution in [0, 0.1) is 0 Å². The van der Waals surface area contributed by atoms with Gasteiger partial charge in [-0.3, -0.25) is 0 Å². The molecule has 92 valence electrons. The van der Waals surface area contributed by atoms with E-state index in [1.807, 2.05) is 0 Å². The summed E-state index contributed by atoms with van der Waals surface area (Å²) in [6.45, 7) is 0. The highest BCUT2D eigenvalue weighted by Crippen LogP contribution is 2.31. The minimum Gasteiger partial charge on any atom is -0.398 e. The molecule has 0 aliphatic rings. The van der Waals surface area contributed by atoms with E-state index in [0.717, 1.165) is 0 Å². The highest BCUT2D eigenvalue weighted by molar-refractivity contribution is 6.30. The van der Waals surface area contributed by atoms with E-state index in [0.29, 0.717) is 5.02 Å². The number of rotatable bonds is 2. The lowest BCUT2D eigenvalue weighted by molar-refractivity contribution is -0.138. The number of nitrogen functional groups attached to an aromatic ring is 1. The molecule has 0 aromatic heterocycles. The molecule has 0 aliphatic heterocycles. The van der Waals surface area contributed by atoms with E-state index in [4.69, 9.17) is 23.1 Å². The van der Waals surface area contributed by atoms with Crippen molar-refractivity contribution in [3.8, 4) is 0 Å². The largest absolute Gasteiger partial charge is 0.398 e. The highest BCUT2D eigenvalue weighted by Gasteiger charge is 2.31. The van der Waals surface area contributed by atoms with E-state index >= 15 is 0 Å². The number of hydrogen-bond donors (Lipinski definition) is 2. The van der Waals surface area contributed by atoms with Gasteiger partial charge in [0.05, 0.1) is 6.42 Å². The third-order valence-electron chi connectivity index (χ3n) is 1.90. The van der Waals surface area contributed by atoms with Crippen molar-refractivity contribution in [1.29, 1.82) is 0 Å². The van der Waals surface area contributed by atoms with Crippen LogP contribution in [-0.2, 0) is 0 Å². The van der Waals surface area contributed by atoms with Crippen LogP contribution in [0.2, 0.25) is 5.02 Å². The van der Waals surface area contributed by atoms with E-state index < -0.39 is 18.6 Å². The first-order valence-electron chi connectivity index (χ1n) is 4.17. The minimum atomic E-state index is -4.31. The van der Waals surface area contributed by atoms with Crippen LogP contribution in [-0.4, -0.2) is 6.18 Å². The monoisotopic (exact) mass is 274 g/mol. The molecular weight excluding hydrogens is 264 g/mol. The van der Waals surface area contributed by atoms with Gasteiger partial charge in [0.15, 0.2) is 0 Å². The number of halogens is 5. The smallest absolute Gasteiger partial charge is 0.390 e. The van der Waals surface area contributed by atoms with Crippen LogP contribution in [0.5, 0.6) is 0 Å². The number of benzene rings is 1. The van der Waals surface area contributed by atoms with Crippen molar-refractivity contribution in [2.75, 3.05) is 5.73 Å². The topological polar surface area (TPSA) is 52.0 Å². The van der Waals surface area contributed by atoms with Crippen molar-refractivity contribution in [1.82, 2.24) is 0 Å². The fourth-order valence-corrected chi connectivity index (χ4v) is 1.41. The Balaban J connectivity index is 0.00000225. The molecule has 0 saturated heterocycles. The molecule has 2 nitrogen and oxygen atoms in total. The lowest BCUT2D eigenvalue weighted by Gasteiger charge is -2.16. The van der Waals surface area contributed by atoms with Crippen molar-refractivity contribution in [2.45, 2.75) is 18.6 Å². The van der Waals surface area contributed by atoms with Crippen LogP contribution in [0.4, 0.5) is 18.9 Å². The van der Waals surface area contributed by atoms with Crippen molar-refractivity contribution in [3.63, 3.8) is 0 Å². The fraction of sp³-hybridized carbons (Fsp3) is 0.333. The molecule has 7 heteroatoms. The molecule has 4 N–H and O–H groups in total. The van der Waals surface area contributed by atoms with Crippen molar-refractivity contribution < 1.29 is 13.2 Å². The maximum Gasteiger partial charge on any atom is 0.390 e. The summed E-state index contributed by atoms with van der Waals surface area (Å²) < 4.78 is 36.2. The van der Waals surface area contributed by atoms with Gasteiger partial charge in [0.1, 0.15) is 0 Å². The first-order valence-corrected chi connectivity index (χ1v) is 4.54. The highest BCUT2D eigenvalue weighted by atomic mass is 35.5. The van der Waals surface area contributed by atoms with E-state index in [9.17, 15) is 13.2 Å². The summed E-state index contributed by atoms with van der Waals surface area (Å²) >= 11 is 5.64. The molecule has 1 aromatic rings. The maximum atomic E-state index is 12.1. The van der Waals surface area contributed by atoms with Crippen LogP contribution < -0.4 is 11.5 Å². The Morgan fingerprint density at radius 3 is 2.38 bits per heavy atom. The number of nitrogens with two attached hydrogens (primary N) is 2. The summed E-state index contributed by atoms with van der Waals surface area (Å²) in [4.78, 5) is 0. The molecule has 0 saturated carbocycles. The summed E-state index contributed by atoms with van der Waals surface area (Å²) in [5.41, 5.74) is 11.3. The second-order valence-electron chi connectivity index (χ2n) is 3.20. The molecule has 0 aliphatic carbocycles. The molecule has 1 atom stereocenters. The quantitative estimate of drug-likeness (QED) is 0.813. The number of alkyl halides is 3. The van der Waals surface area contributed by atoms with Gasteiger partial charge in [-0.2, -0.15) is 13.2 Å². The predicted molar refractivity (Wildman–Crippen MR) is 60.7 cm³/mol. The fourth-order valence-electron chi connectivity index (χ4n) is 1.23. The van der Waals surface area contributed by atoms with Gasteiger partial charge in [-0.25, -0.2) is 0 Å². The van der Waals surface area contributed by atoms with Crippen LogP contribution in [0.15, 0.2) is 18.2 Å². The Hall–Kier alpha value is -0.650. The van der Waals surface area contributed by atoms with Crippen LogP contribution in [0.25, 0.3) is 0 Å². The van der Waals surface area contributed by atoms with Gasteiger partial charge >= 0.3 is 6.18 Å². The second-order valence-corrected chi connectivity index (χ2v) is 3.64. The zero-order valence-corrected chi connectivity index (χ0v) is 9.66. The van der Waals surface area contributed by atoms with Gasteiger partial charge in [0, 0.05) is 16.8 Å². The van der Waals surface area contributed by atoms with Crippen LogP contribution >= 0.6 is 24.0 Å². The average Bonchev–Trinajstić information content (AvgIpc) is 2.06. The normalized spacial score (nSPS) is 13.1. The molecule has 0 amide bonds. The summed E-state index contributed by atoms with van der Waals surface area (Å²) in [5.74, 6) is 0. The summed E-state index contributed by atoms with van der Waals surface area (Å²) in [5, 5.41) is 0.317. The Morgan fingerprint density at radius 2 is 1.88 bits per heavy atom. The zero-order valence-electron chi connectivity index (χ0n) is 8.09. The summed E-state index contributed by atoms with van der Waals surface area (Å²) in [6, 6.07) is 3.12. The predicted octanol–water partition coefficient (Wildman–Crippen LogP) is 3.30. The van der Waals surface area contributed by atoms with Crippen molar-refractivity contribution in [2.24, 2.45) is 5.73 Å². The molecule has 0 radical (unpaired) electrons. The van der Waals surface area contributed by atoms with E-state index in [2.05, 4.69) is 0 Å². The standard InChI is InChI=1S/C9H10ClF3N2.ClH/c10-5-1-2-7(14)6(3-5)8(15)4-9(11,12)13;/h1-3,8H,4,14-15H2;1H/t8-;/m1./s1. The van der Waals surface area contributed by atoms with Gasteiger partial charge in [-0.1, -0.05) is 11.6 Å². The molecule has 0 heterocycles. The van der Waals surface area contributed by atoms with Crippen LogP contribution in [0.1, 0.15) is 18.0 Å². The lowest BCUT2D eigenvalue weighted by atomic mass is 10.0.